The molecule has 2 unspecified atom stereocenters. The van der Waals surface area contributed by atoms with Crippen LogP contribution in [0.15, 0.2) is 24.3 Å². The van der Waals surface area contributed by atoms with Crippen LogP contribution in [0.3, 0.4) is 0 Å². The number of rotatable bonds is 7. The number of halogens is 1. The fraction of sp³-hybridized carbons (Fsp3) is 0.571. The second kappa shape index (κ2) is 7.74. The largest absolute Gasteiger partial charge is 0.395 e. The third-order valence-corrected chi connectivity index (χ3v) is 3.08. The van der Waals surface area contributed by atoms with Gasteiger partial charge in [-0.25, -0.2) is 0 Å². The first-order valence-corrected chi connectivity index (χ1v) is 6.68. The van der Waals surface area contributed by atoms with E-state index in [9.17, 15) is 10.2 Å². The predicted octanol–water partition coefficient (Wildman–Crippen LogP) is 2.37. The van der Waals surface area contributed by atoms with Crippen molar-refractivity contribution in [3.63, 3.8) is 0 Å². The molecule has 1 aromatic rings. The molecule has 0 amide bonds. The molecule has 2 atom stereocenters. The summed E-state index contributed by atoms with van der Waals surface area (Å²) in [6.45, 7) is 4.74. The van der Waals surface area contributed by atoms with E-state index in [0.717, 1.165) is 12.0 Å². The van der Waals surface area contributed by atoms with E-state index >= 15 is 0 Å². The van der Waals surface area contributed by atoms with Gasteiger partial charge in [0, 0.05) is 17.6 Å². The van der Waals surface area contributed by atoms with E-state index in [1.165, 1.54) is 0 Å². The molecule has 0 fully saturated rings. The number of nitrogens with one attached hydrogen (secondary N) is 1. The second-order valence-electron chi connectivity index (χ2n) is 4.98. The number of hydrogen-bond donors (Lipinski definition) is 3. The van der Waals surface area contributed by atoms with Crippen LogP contribution >= 0.6 is 11.6 Å². The molecule has 0 aliphatic carbocycles. The molecule has 0 heterocycles. The number of benzene rings is 1. The van der Waals surface area contributed by atoms with Gasteiger partial charge in [-0.2, -0.15) is 0 Å². The van der Waals surface area contributed by atoms with Gasteiger partial charge in [0.1, 0.15) is 0 Å². The second-order valence-corrected chi connectivity index (χ2v) is 5.42. The monoisotopic (exact) mass is 271 g/mol. The van der Waals surface area contributed by atoms with E-state index in [-0.39, 0.29) is 12.6 Å². The molecule has 1 rings (SSSR count). The lowest BCUT2D eigenvalue weighted by Crippen LogP contribution is -2.36. The van der Waals surface area contributed by atoms with Gasteiger partial charge in [-0.15, -0.1) is 0 Å². The van der Waals surface area contributed by atoms with E-state index < -0.39 is 6.10 Å². The third-order valence-electron chi connectivity index (χ3n) is 2.83. The summed E-state index contributed by atoms with van der Waals surface area (Å²) < 4.78 is 0. The summed E-state index contributed by atoms with van der Waals surface area (Å²) in [6.07, 6.45) is 0.313. The highest BCUT2D eigenvalue weighted by Gasteiger charge is 2.12. The minimum atomic E-state index is -0.580. The van der Waals surface area contributed by atoms with Crippen molar-refractivity contribution in [3.8, 4) is 0 Å². The number of aliphatic hydroxyl groups is 2. The summed E-state index contributed by atoms with van der Waals surface area (Å²) in [5.74, 6) is 0.516. The molecular formula is C14H22ClNO2. The van der Waals surface area contributed by atoms with E-state index in [0.29, 0.717) is 17.5 Å². The maximum Gasteiger partial charge on any atom is 0.0914 e. The first-order valence-electron chi connectivity index (χ1n) is 6.30. The van der Waals surface area contributed by atoms with Crippen LogP contribution in [0.2, 0.25) is 5.02 Å². The van der Waals surface area contributed by atoms with Crippen molar-refractivity contribution in [2.24, 2.45) is 5.92 Å². The lowest BCUT2D eigenvalue weighted by atomic mass is 10.0. The summed E-state index contributed by atoms with van der Waals surface area (Å²) in [7, 11) is 0. The standard InChI is InChI=1S/C14H22ClNO2/c1-10(2)7-13(9-17)16-8-14(18)11-3-5-12(15)6-4-11/h3-6,10,13-14,16-18H,7-9H2,1-2H3. The van der Waals surface area contributed by atoms with Crippen molar-refractivity contribution in [2.45, 2.75) is 32.4 Å². The summed E-state index contributed by atoms with van der Waals surface area (Å²) in [5.41, 5.74) is 0.827. The molecule has 0 aliphatic heterocycles. The van der Waals surface area contributed by atoms with Crippen molar-refractivity contribution in [2.75, 3.05) is 13.2 Å². The Kier molecular flexibility index (Phi) is 6.65. The van der Waals surface area contributed by atoms with Gasteiger partial charge in [0.25, 0.3) is 0 Å². The molecule has 0 bridgehead atoms. The quantitative estimate of drug-likeness (QED) is 0.714. The zero-order chi connectivity index (χ0) is 13.5. The molecule has 0 saturated carbocycles. The SMILES string of the molecule is CC(C)CC(CO)NCC(O)c1ccc(Cl)cc1. The molecule has 0 aliphatic rings. The summed E-state index contributed by atoms with van der Waals surface area (Å²) in [5, 5.41) is 23.1. The molecule has 102 valence electrons. The van der Waals surface area contributed by atoms with Gasteiger partial charge in [-0.05, 0) is 30.0 Å². The molecule has 0 aromatic heterocycles. The maximum atomic E-state index is 10.0. The number of hydrogen-bond acceptors (Lipinski definition) is 3. The van der Waals surface area contributed by atoms with Gasteiger partial charge in [-0.1, -0.05) is 37.6 Å². The maximum absolute atomic E-state index is 10.0. The van der Waals surface area contributed by atoms with Crippen LogP contribution in [0.4, 0.5) is 0 Å². The van der Waals surface area contributed by atoms with Crippen molar-refractivity contribution < 1.29 is 10.2 Å². The molecule has 3 N–H and O–H groups in total. The molecular weight excluding hydrogens is 250 g/mol. The van der Waals surface area contributed by atoms with Crippen LogP contribution in [0.5, 0.6) is 0 Å². The summed E-state index contributed by atoms with van der Waals surface area (Å²) in [4.78, 5) is 0. The van der Waals surface area contributed by atoms with Crippen LogP contribution in [0.25, 0.3) is 0 Å². The lowest BCUT2D eigenvalue weighted by molar-refractivity contribution is 0.154. The van der Waals surface area contributed by atoms with E-state index in [1.54, 1.807) is 12.1 Å². The van der Waals surface area contributed by atoms with E-state index in [4.69, 9.17) is 11.6 Å². The summed E-state index contributed by atoms with van der Waals surface area (Å²) >= 11 is 5.79. The van der Waals surface area contributed by atoms with Crippen molar-refractivity contribution >= 4 is 11.6 Å². The Morgan fingerprint density at radius 1 is 1.22 bits per heavy atom. The highest BCUT2D eigenvalue weighted by molar-refractivity contribution is 6.30. The molecule has 3 nitrogen and oxygen atoms in total. The Morgan fingerprint density at radius 2 is 1.83 bits per heavy atom. The van der Waals surface area contributed by atoms with E-state index in [1.807, 2.05) is 12.1 Å². The van der Waals surface area contributed by atoms with Gasteiger partial charge < -0.3 is 15.5 Å². The average Bonchev–Trinajstić information content (AvgIpc) is 2.34. The minimum Gasteiger partial charge on any atom is -0.395 e. The van der Waals surface area contributed by atoms with Crippen LogP contribution in [-0.2, 0) is 0 Å². The van der Waals surface area contributed by atoms with Crippen molar-refractivity contribution in [1.82, 2.24) is 5.32 Å². The zero-order valence-electron chi connectivity index (χ0n) is 10.9. The third kappa shape index (κ3) is 5.36. The Hall–Kier alpha value is -0.610. The Morgan fingerprint density at radius 3 is 2.33 bits per heavy atom. The predicted molar refractivity (Wildman–Crippen MR) is 74.7 cm³/mol. The average molecular weight is 272 g/mol. The Labute approximate surface area is 114 Å². The van der Waals surface area contributed by atoms with Crippen LogP contribution < -0.4 is 5.32 Å². The van der Waals surface area contributed by atoms with Gasteiger partial charge >= 0.3 is 0 Å². The van der Waals surface area contributed by atoms with Crippen LogP contribution in [-0.4, -0.2) is 29.4 Å². The van der Waals surface area contributed by atoms with Gasteiger partial charge in [0.15, 0.2) is 0 Å². The number of aliphatic hydroxyl groups excluding tert-OH is 2. The Balaban J connectivity index is 2.44. The summed E-state index contributed by atoms with van der Waals surface area (Å²) in [6, 6.07) is 7.18. The Bertz CT molecular complexity index is 340. The van der Waals surface area contributed by atoms with Crippen molar-refractivity contribution in [1.29, 1.82) is 0 Å². The van der Waals surface area contributed by atoms with Gasteiger partial charge in [0.05, 0.1) is 12.7 Å². The molecule has 4 heteroatoms. The molecule has 0 saturated heterocycles. The highest BCUT2D eigenvalue weighted by Crippen LogP contribution is 2.16. The minimum absolute atomic E-state index is 0.0342. The topological polar surface area (TPSA) is 52.5 Å². The normalized spacial score (nSPS) is 14.8. The fourth-order valence-electron chi connectivity index (χ4n) is 1.87. The first-order chi connectivity index (χ1) is 8.52. The molecule has 0 radical (unpaired) electrons. The van der Waals surface area contributed by atoms with E-state index in [2.05, 4.69) is 19.2 Å². The highest BCUT2D eigenvalue weighted by atomic mass is 35.5. The lowest BCUT2D eigenvalue weighted by Gasteiger charge is -2.20. The molecule has 0 spiro atoms. The van der Waals surface area contributed by atoms with Crippen LogP contribution in [0.1, 0.15) is 31.9 Å². The van der Waals surface area contributed by atoms with Crippen molar-refractivity contribution in [3.05, 3.63) is 34.9 Å². The van der Waals surface area contributed by atoms with Gasteiger partial charge in [-0.3, -0.25) is 0 Å². The fourth-order valence-corrected chi connectivity index (χ4v) is 2.00. The zero-order valence-corrected chi connectivity index (χ0v) is 11.7. The van der Waals surface area contributed by atoms with Crippen LogP contribution in [0, 0.1) is 5.92 Å². The molecule has 1 aromatic carbocycles. The van der Waals surface area contributed by atoms with Gasteiger partial charge in [0.2, 0.25) is 0 Å². The smallest absolute Gasteiger partial charge is 0.0914 e. The first kappa shape index (κ1) is 15.4. The molecule has 18 heavy (non-hydrogen) atoms.